The van der Waals surface area contributed by atoms with E-state index in [2.05, 4.69) is 4.98 Å². The molecule has 1 atom stereocenters. The van der Waals surface area contributed by atoms with Gasteiger partial charge >= 0.3 is 12.2 Å². The molecule has 0 aromatic carbocycles. The van der Waals surface area contributed by atoms with Gasteiger partial charge < -0.3 is 19.5 Å². The molecule has 1 N–H and O–H groups in total. The van der Waals surface area contributed by atoms with Gasteiger partial charge in [0.2, 0.25) is 0 Å². The van der Waals surface area contributed by atoms with Gasteiger partial charge in [0.1, 0.15) is 18.0 Å². The van der Waals surface area contributed by atoms with Crippen LogP contribution in [0, 0.1) is 0 Å². The maximum atomic E-state index is 12.2. The van der Waals surface area contributed by atoms with E-state index in [1.54, 1.807) is 45.3 Å². The zero-order valence-corrected chi connectivity index (χ0v) is 14.1. The monoisotopic (exact) mass is 337 g/mol. The molecule has 2 amide bonds. The first-order valence-electron chi connectivity index (χ1n) is 7.76. The summed E-state index contributed by atoms with van der Waals surface area (Å²) in [6, 6.07) is 3.01. The van der Waals surface area contributed by atoms with Gasteiger partial charge in [0.05, 0.1) is 12.2 Å². The Morgan fingerprint density at radius 2 is 2.12 bits per heavy atom. The minimum absolute atomic E-state index is 0.136. The lowest BCUT2D eigenvalue weighted by atomic mass is 10.2. The molecule has 1 aliphatic rings. The summed E-state index contributed by atoms with van der Waals surface area (Å²) >= 11 is 0. The molecule has 1 aromatic heterocycles. The first-order chi connectivity index (χ1) is 11.3. The Morgan fingerprint density at radius 3 is 2.71 bits per heavy atom. The van der Waals surface area contributed by atoms with Crippen molar-refractivity contribution in [1.29, 1.82) is 0 Å². The van der Waals surface area contributed by atoms with E-state index in [9.17, 15) is 14.7 Å². The summed E-state index contributed by atoms with van der Waals surface area (Å²) in [7, 11) is 0. The first-order valence-corrected chi connectivity index (χ1v) is 7.76. The summed E-state index contributed by atoms with van der Waals surface area (Å²) in [6.07, 6.45) is 1.71. The van der Waals surface area contributed by atoms with Crippen LogP contribution in [0.25, 0.3) is 0 Å². The van der Waals surface area contributed by atoms with Crippen molar-refractivity contribution >= 4 is 12.2 Å². The Morgan fingerprint density at radius 1 is 1.38 bits per heavy atom. The highest BCUT2D eigenvalue weighted by molar-refractivity contribution is 5.70. The lowest BCUT2D eigenvalue weighted by Gasteiger charge is -2.39. The fraction of sp³-hybridized carbons (Fsp3) is 0.562. The van der Waals surface area contributed by atoms with Crippen LogP contribution in [-0.2, 0) is 4.74 Å². The number of carbonyl (C=O) groups excluding carboxylic acids is 1. The fourth-order valence-electron chi connectivity index (χ4n) is 2.37. The Balaban J connectivity index is 2.00. The summed E-state index contributed by atoms with van der Waals surface area (Å²) < 4.78 is 11.0. The molecule has 0 bridgehead atoms. The molecule has 2 heterocycles. The van der Waals surface area contributed by atoms with Crippen LogP contribution in [-0.4, -0.2) is 70.0 Å². The normalized spacial score (nSPS) is 18.2. The minimum Gasteiger partial charge on any atom is -0.490 e. The second-order valence-corrected chi connectivity index (χ2v) is 6.56. The van der Waals surface area contributed by atoms with Crippen LogP contribution in [0.2, 0.25) is 0 Å². The van der Waals surface area contributed by atoms with Gasteiger partial charge in [-0.3, -0.25) is 9.88 Å². The third-order valence-corrected chi connectivity index (χ3v) is 3.46. The van der Waals surface area contributed by atoms with E-state index in [1.165, 1.54) is 9.80 Å². The molecule has 0 radical (unpaired) electrons. The third-order valence-electron chi connectivity index (χ3n) is 3.46. The molecule has 1 aromatic rings. The van der Waals surface area contributed by atoms with Crippen LogP contribution in [0.3, 0.4) is 0 Å². The quantitative estimate of drug-likeness (QED) is 0.907. The summed E-state index contributed by atoms with van der Waals surface area (Å²) in [5.41, 5.74) is -0.595. The second-order valence-electron chi connectivity index (χ2n) is 6.56. The smallest absolute Gasteiger partial charge is 0.410 e. The van der Waals surface area contributed by atoms with Gasteiger partial charge in [0.25, 0.3) is 0 Å². The number of hydrogen-bond donors (Lipinski definition) is 1. The number of rotatable bonds is 3. The van der Waals surface area contributed by atoms with E-state index in [0.29, 0.717) is 12.3 Å². The Hall–Kier alpha value is -2.51. The maximum Gasteiger partial charge on any atom is 0.410 e. The maximum absolute atomic E-state index is 12.2. The van der Waals surface area contributed by atoms with E-state index < -0.39 is 23.8 Å². The first kappa shape index (κ1) is 17.8. The van der Waals surface area contributed by atoms with Gasteiger partial charge in [-0.05, 0) is 32.9 Å². The summed E-state index contributed by atoms with van der Waals surface area (Å²) in [6.45, 7) is 6.25. The van der Waals surface area contributed by atoms with Crippen molar-refractivity contribution in [2.45, 2.75) is 32.4 Å². The van der Waals surface area contributed by atoms with Gasteiger partial charge in [0.15, 0.2) is 0 Å². The lowest BCUT2D eigenvalue weighted by Crippen LogP contribution is -2.58. The molecule has 2 rings (SSSR count). The van der Waals surface area contributed by atoms with Crippen LogP contribution >= 0.6 is 0 Å². The van der Waals surface area contributed by atoms with Crippen molar-refractivity contribution < 1.29 is 24.2 Å². The van der Waals surface area contributed by atoms with E-state index in [0.717, 1.165) is 0 Å². The molecule has 0 aliphatic carbocycles. The van der Waals surface area contributed by atoms with Crippen molar-refractivity contribution in [3.05, 3.63) is 24.5 Å². The molecule has 0 spiro atoms. The minimum atomic E-state index is -1.03. The van der Waals surface area contributed by atoms with Crippen LogP contribution in [0.1, 0.15) is 20.8 Å². The predicted molar refractivity (Wildman–Crippen MR) is 86.1 cm³/mol. The molecule has 1 saturated heterocycles. The SMILES string of the molecule is CC(C)(C)OC(=O)N1CCN(C(=O)O)C(COc2cccnc2)C1. The number of piperazine rings is 1. The van der Waals surface area contributed by atoms with Crippen LogP contribution in [0.4, 0.5) is 9.59 Å². The van der Waals surface area contributed by atoms with Crippen molar-refractivity contribution in [2.24, 2.45) is 0 Å². The molecule has 1 aliphatic heterocycles. The van der Waals surface area contributed by atoms with E-state index in [-0.39, 0.29) is 19.7 Å². The highest BCUT2D eigenvalue weighted by atomic mass is 16.6. The molecule has 8 heteroatoms. The highest BCUT2D eigenvalue weighted by Gasteiger charge is 2.34. The molecule has 1 unspecified atom stereocenters. The largest absolute Gasteiger partial charge is 0.490 e. The average Bonchev–Trinajstić information content (AvgIpc) is 2.52. The number of amides is 2. The lowest BCUT2D eigenvalue weighted by molar-refractivity contribution is -0.0000546. The van der Waals surface area contributed by atoms with Crippen molar-refractivity contribution in [3.8, 4) is 5.75 Å². The van der Waals surface area contributed by atoms with E-state index in [4.69, 9.17) is 9.47 Å². The molecule has 132 valence electrons. The van der Waals surface area contributed by atoms with Crippen molar-refractivity contribution in [2.75, 3.05) is 26.2 Å². The number of aromatic nitrogens is 1. The van der Waals surface area contributed by atoms with E-state index in [1.807, 2.05) is 0 Å². The predicted octanol–water partition coefficient (Wildman–Crippen LogP) is 2.06. The number of carbonyl (C=O) groups is 2. The van der Waals surface area contributed by atoms with Gasteiger partial charge in [-0.15, -0.1) is 0 Å². The molecule has 1 fully saturated rings. The van der Waals surface area contributed by atoms with Gasteiger partial charge in [0, 0.05) is 25.8 Å². The molecular formula is C16H23N3O5. The number of hydrogen-bond acceptors (Lipinski definition) is 5. The fourth-order valence-corrected chi connectivity index (χ4v) is 2.37. The number of carboxylic acid groups (broad SMARTS) is 1. The van der Waals surface area contributed by atoms with Gasteiger partial charge in [-0.1, -0.05) is 0 Å². The third kappa shape index (κ3) is 5.00. The number of ether oxygens (including phenoxy) is 2. The second kappa shape index (κ2) is 7.37. The van der Waals surface area contributed by atoms with Crippen molar-refractivity contribution in [1.82, 2.24) is 14.8 Å². The number of nitrogens with zero attached hydrogens (tertiary/aromatic N) is 3. The molecule has 24 heavy (non-hydrogen) atoms. The van der Waals surface area contributed by atoms with Gasteiger partial charge in [-0.2, -0.15) is 0 Å². The Kier molecular flexibility index (Phi) is 5.48. The van der Waals surface area contributed by atoms with Crippen LogP contribution < -0.4 is 4.74 Å². The van der Waals surface area contributed by atoms with E-state index >= 15 is 0 Å². The zero-order chi connectivity index (χ0) is 17.7. The summed E-state index contributed by atoms with van der Waals surface area (Å²) in [4.78, 5) is 30.4. The molecular weight excluding hydrogens is 314 g/mol. The van der Waals surface area contributed by atoms with Crippen LogP contribution in [0.15, 0.2) is 24.5 Å². The number of pyridine rings is 1. The Labute approximate surface area is 141 Å². The van der Waals surface area contributed by atoms with Crippen molar-refractivity contribution in [3.63, 3.8) is 0 Å². The average molecular weight is 337 g/mol. The van der Waals surface area contributed by atoms with Gasteiger partial charge in [-0.25, -0.2) is 9.59 Å². The zero-order valence-electron chi connectivity index (χ0n) is 14.1. The molecule has 8 nitrogen and oxygen atoms in total. The van der Waals surface area contributed by atoms with Crippen LogP contribution in [0.5, 0.6) is 5.75 Å². The molecule has 0 saturated carbocycles. The summed E-state index contributed by atoms with van der Waals surface area (Å²) in [5, 5.41) is 9.34. The topological polar surface area (TPSA) is 92.2 Å². The standard InChI is InChI=1S/C16H23N3O5/c1-16(2,3)24-15(22)18-7-8-19(14(20)21)12(10-18)11-23-13-5-4-6-17-9-13/h4-6,9,12H,7-8,10-11H2,1-3H3,(H,20,21). The Bertz CT molecular complexity index is 573. The highest BCUT2D eigenvalue weighted by Crippen LogP contribution is 2.16. The summed E-state index contributed by atoms with van der Waals surface area (Å²) in [5.74, 6) is 0.553.